The zero-order chi connectivity index (χ0) is 37.1. The van der Waals surface area contributed by atoms with E-state index in [2.05, 4.69) is 176 Å². The van der Waals surface area contributed by atoms with Crippen molar-refractivity contribution in [2.45, 2.75) is 18.3 Å². The third-order valence-corrected chi connectivity index (χ3v) is 11.7. The molecule has 3 heteroatoms. The van der Waals surface area contributed by atoms with Crippen molar-refractivity contribution < 1.29 is 4.74 Å². The van der Waals surface area contributed by atoms with Gasteiger partial charge in [-0.1, -0.05) is 170 Å². The van der Waals surface area contributed by atoms with Gasteiger partial charge in [-0.15, -0.1) is 0 Å². The van der Waals surface area contributed by atoms with Crippen molar-refractivity contribution in [1.29, 1.82) is 0 Å². The van der Waals surface area contributed by atoms with Crippen LogP contribution in [0.15, 0.2) is 194 Å². The second-order valence-corrected chi connectivity index (χ2v) is 14.8. The maximum absolute atomic E-state index is 6.75. The molecule has 0 fully saturated rings. The van der Waals surface area contributed by atoms with Crippen molar-refractivity contribution in [1.82, 2.24) is 9.97 Å². The third-order valence-electron chi connectivity index (χ3n) is 11.7. The first-order chi connectivity index (χ1) is 27.8. The lowest BCUT2D eigenvalue weighted by Gasteiger charge is -2.39. The molecule has 8 aromatic rings. The molecule has 1 spiro atoms. The van der Waals surface area contributed by atoms with E-state index in [9.17, 15) is 0 Å². The zero-order valence-corrected chi connectivity index (χ0v) is 30.7. The van der Waals surface area contributed by atoms with Crippen molar-refractivity contribution in [3.8, 4) is 67.7 Å². The fourth-order valence-corrected chi connectivity index (χ4v) is 9.13. The highest BCUT2D eigenvalue weighted by molar-refractivity contribution is 5.91. The van der Waals surface area contributed by atoms with E-state index in [4.69, 9.17) is 14.7 Å². The van der Waals surface area contributed by atoms with Crippen LogP contribution in [0.5, 0.6) is 11.5 Å². The zero-order valence-electron chi connectivity index (χ0n) is 30.7. The molecule has 1 aromatic heterocycles. The van der Waals surface area contributed by atoms with Gasteiger partial charge in [0.25, 0.3) is 0 Å². The molecule has 7 aromatic carbocycles. The number of rotatable bonds is 5. The van der Waals surface area contributed by atoms with Crippen LogP contribution in [0, 0.1) is 0 Å². The molecule has 264 valence electrons. The van der Waals surface area contributed by atoms with E-state index in [-0.39, 0.29) is 0 Å². The van der Waals surface area contributed by atoms with E-state index in [1.54, 1.807) is 0 Å². The molecule has 3 aliphatic rings. The second kappa shape index (κ2) is 13.0. The van der Waals surface area contributed by atoms with Gasteiger partial charge < -0.3 is 4.74 Å². The fourth-order valence-electron chi connectivity index (χ4n) is 9.13. The van der Waals surface area contributed by atoms with E-state index in [1.807, 2.05) is 18.2 Å². The summed E-state index contributed by atoms with van der Waals surface area (Å²) < 4.78 is 6.75. The summed E-state index contributed by atoms with van der Waals surface area (Å²) in [6.45, 7) is 0. The number of para-hydroxylation sites is 1. The molecule has 0 atom stereocenters. The van der Waals surface area contributed by atoms with Gasteiger partial charge in [0.05, 0.1) is 16.8 Å². The Morgan fingerprint density at radius 1 is 0.429 bits per heavy atom. The largest absolute Gasteiger partial charge is 0.457 e. The molecule has 3 nitrogen and oxygen atoms in total. The number of hydrogen-bond acceptors (Lipinski definition) is 3. The van der Waals surface area contributed by atoms with Crippen LogP contribution < -0.4 is 4.74 Å². The van der Waals surface area contributed by atoms with Crippen LogP contribution in [0.1, 0.15) is 40.7 Å². The molecule has 0 N–H and O–H groups in total. The van der Waals surface area contributed by atoms with E-state index in [1.165, 1.54) is 33.4 Å². The van der Waals surface area contributed by atoms with Gasteiger partial charge in [-0.05, 0) is 81.6 Å². The summed E-state index contributed by atoms with van der Waals surface area (Å²) in [6, 6.07) is 62.9. The van der Waals surface area contributed by atoms with Gasteiger partial charge in [0.15, 0.2) is 5.82 Å². The summed E-state index contributed by atoms with van der Waals surface area (Å²) in [6.07, 6.45) is 8.75. The van der Waals surface area contributed by atoms with Gasteiger partial charge >= 0.3 is 0 Å². The normalized spacial score (nSPS) is 14.2. The molecule has 0 radical (unpaired) electrons. The van der Waals surface area contributed by atoms with Crippen LogP contribution >= 0.6 is 0 Å². The number of hydrogen-bond donors (Lipinski definition) is 0. The molecule has 0 bridgehead atoms. The highest BCUT2D eigenvalue weighted by Crippen LogP contribution is 2.62. The van der Waals surface area contributed by atoms with Crippen LogP contribution in [0.3, 0.4) is 0 Å². The minimum absolute atomic E-state index is 0.541. The minimum Gasteiger partial charge on any atom is -0.457 e. The maximum Gasteiger partial charge on any atom is 0.160 e. The van der Waals surface area contributed by atoms with Crippen molar-refractivity contribution in [3.63, 3.8) is 0 Å². The Kier molecular flexibility index (Phi) is 7.53. The van der Waals surface area contributed by atoms with E-state index in [0.29, 0.717) is 5.82 Å². The number of nitrogens with zero attached hydrogens (tertiary/aromatic N) is 2. The molecule has 0 saturated carbocycles. The van der Waals surface area contributed by atoms with Gasteiger partial charge in [0.2, 0.25) is 0 Å². The quantitative estimate of drug-likeness (QED) is 0.178. The van der Waals surface area contributed by atoms with Gasteiger partial charge in [-0.2, -0.15) is 0 Å². The second-order valence-electron chi connectivity index (χ2n) is 14.8. The molecule has 11 rings (SSSR count). The predicted molar refractivity (Wildman–Crippen MR) is 228 cm³/mol. The molecule has 0 amide bonds. The Morgan fingerprint density at radius 3 is 1.75 bits per heavy atom. The Morgan fingerprint density at radius 2 is 1.02 bits per heavy atom. The van der Waals surface area contributed by atoms with Crippen LogP contribution in [-0.2, 0) is 5.41 Å². The topological polar surface area (TPSA) is 35.0 Å². The molecule has 0 saturated heterocycles. The number of allylic oxidation sites excluding steroid dienone is 4. The summed E-state index contributed by atoms with van der Waals surface area (Å²) >= 11 is 0. The van der Waals surface area contributed by atoms with Crippen LogP contribution in [0.2, 0.25) is 0 Å². The average Bonchev–Trinajstić information content (AvgIpc) is 3.57. The molecule has 2 aliphatic carbocycles. The Labute approximate surface area is 327 Å². The number of ether oxygens (including phenoxy) is 1. The van der Waals surface area contributed by atoms with Gasteiger partial charge in [-0.3, -0.25) is 0 Å². The monoisotopic (exact) mass is 716 g/mol. The Bertz CT molecular complexity index is 2840. The highest BCUT2D eigenvalue weighted by Gasteiger charge is 2.51. The summed E-state index contributed by atoms with van der Waals surface area (Å²) in [5.41, 5.74) is 16.5. The van der Waals surface area contributed by atoms with Crippen molar-refractivity contribution in [2.75, 3.05) is 0 Å². The lowest BCUT2D eigenvalue weighted by Crippen LogP contribution is -2.32. The van der Waals surface area contributed by atoms with Crippen LogP contribution in [0.25, 0.3) is 61.7 Å². The first-order valence-corrected chi connectivity index (χ1v) is 19.4. The lowest BCUT2D eigenvalue weighted by molar-refractivity contribution is 0.436. The summed E-state index contributed by atoms with van der Waals surface area (Å²) in [4.78, 5) is 10.4. The molecular formula is C53H36N2O. The lowest BCUT2D eigenvalue weighted by atomic mass is 9.65. The first-order valence-electron chi connectivity index (χ1n) is 19.4. The predicted octanol–water partition coefficient (Wildman–Crippen LogP) is 13.3. The highest BCUT2D eigenvalue weighted by atomic mass is 16.5. The van der Waals surface area contributed by atoms with E-state index in [0.717, 1.165) is 74.7 Å². The maximum atomic E-state index is 6.75. The average molecular weight is 717 g/mol. The molecular weight excluding hydrogens is 681 g/mol. The van der Waals surface area contributed by atoms with Crippen molar-refractivity contribution in [2.24, 2.45) is 0 Å². The molecule has 2 heterocycles. The summed E-state index contributed by atoms with van der Waals surface area (Å²) in [5.74, 6) is 2.46. The van der Waals surface area contributed by atoms with Gasteiger partial charge in [-0.25, -0.2) is 9.97 Å². The smallest absolute Gasteiger partial charge is 0.160 e. The summed E-state index contributed by atoms with van der Waals surface area (Å²) in [7, 11) is 0. The van der Waals surface area contributed by atoms with Crippen molar-refractivity contribution >= 4 is 5.57 Å². The molecule has 0 unspecified atom stereocenters. The van der Waals surface area contributed by atoms with E-state index < -0.39 is 5.41 Å². The fraction of sp³-hybridized carbons (Fsp3) is 0.0566. The standard InChI is InChI=1S/C53H36N2O/c1-3-15-35(16-4-1)36-27-29-37(30-28-36)48-34-49(55-52(54-48)38-17-5-2-6-18-38)43-22-8-7-19-40(43)39-31-32-51-47(33-39)53(46-25-13-14-26-50(46)56-51)44-23-11-9-20-41(44)42-21-10-12-24-45(42)53/h1-3,5-15,17-34H,4,16H2. The van der Waals surface area contributed by atoms with Crippen molar-refractivity contribution in [3.05, 3.63) is 222 Å². The summed E-state index contributed by atoms with van der Waals surface area (Å²) in [5, 5.41) is 0. The number of fused-ring (bicyclic) bond motifs is 9. The van der Waals surface area contributed by atoms with E-state index >= 15 is 0 Å². The Balaban J connectivity index is 1.09. The molecule has 1 aliphatic heterocycles. The number of benzene rings is 7. The molecule has 56 heavy (non-hydrogen) atoms. The number of aromatic nitrogens is 2. The van der Waals surface area contributed by atoms with Gasteiger partial charge in [0.1, 0.15) is 11.5 Å². The van der Waals surface area contributed by atoms with Crippen LogP contribution in [-0.4, -0.2) is 9.97 Å². The minimum atomic E-state index is -0.541. The van der Waals surface area contributed by atoms with Gasteiger partial charge in [0, 0.05) is 27.8 Å². The van der Waals surface area contributed by atoms with Crippen LogP contribution in [0.4, 0.5) is 0 Å². The SMILES string of the molecule is C1=CCCC(c2ccc(-c3cc(-c4ccccc4-c4ccc5c(c4)C4(c6ccccc6O5)c5ccccc5-c5ccccc54)nc(-c4ccccc4)n3)cc2)=C1. The Hall–Kier alpha value is -7.10. The first kappa shape index (κ1) is 32.3. The third kappa shape index (κ3) is 5.05.